The van der Waals surface area contributed by atoms with E-state index in [1.165, 1.54) is 12.6 Å². The second-order valence-corrected chi connectivity index (χ2v) is 7.33. The number of halogens is 1. The maximum Gasteiger partial charge on any atom is 0.342 e. The van der Waals surface area contributed by atoms with E-state index in [2.05, 4.69) is 14.9 Å². The zero-order chi connectivity index (χ0) is 19.0. The molecule has 2 fully saturated rings. The van der Waals surface area contributed by atoms with Crippen molar-refractivity contribution in [1.82, 2.24) is 9.97 Å². The molecule has 1 saturated carbocycles. The van der Waals surface area contributed by atoms with E-state index in [0.29, 0.717) is 23.1 Å². The van der Waals surface area contributed by atoms with Crippen molar-refractivity contribution in [3.63, 3.8) is 0 Å². The first-order valence-electron chi connectivity index (χ1n) is 8.85. The Morgan fingerprint density at radius 3 is 2.81 bits per heavy atom. The molecule has 1 N–H and O–H groups in total. The molecule has 0 radical (unpaired) electrons. The van der Waals surface area contributed by atoms with Gasteiger partial charge in [0.05, 0.1) is 24.9 Å². The Morgan fingerprint density at radius 1 is 1.37 bits per heavy atom. The van der Waals surface area contributed by atoms with Gasteiger partial charge in [-0.1, -0.05) is 17.7 Å². The molecule has 2 atom stereocenters. The Labute approximate surface area is 161 Å². The van der Waals surface area contributed by atoms with Crippen molar-refractivity contribution in [2.75, 3.05) is 31.7 Å². The number of hydrogen-bond acceptors (Lipinski definition) is 6. The predicted molar refractivity (Wildman–Crippen MR) is 100 cm³/mol. The summed E-state index contributed by atoms with van der Waals surface area (Å²) in [6.45, 7) is 2.15. The first kappa shape index (κ1) is 17.9. The molecular weight excluding hydrogens is 370 g/mol. The van der Waals surface area contributed by atoms with Crippen LogP contribution in [-0.2, 0) is 6.42 Å². The summed E-state index contributed by atoms with van der Waals surface area (Å²) in [5.74, 6) is 1.61. The molecule has 8 heteroatoms. The molecule has 1 saturated heterocycles. The Hall–Kier alpha value is -2.54. The maximum atomic E-state index is 11.5. The molecule has 1 aliphatic heterocycles. The Kier molecular flexibility index (Phi) is 4.78. The Morgan fingerprint density at radius 2 is 2.15 bits per heavy atom. The lowest BCUT2D eigenvalue weighted by Crippen LogP contribution is -2.24. The van der Waals surface area contributed by atoms with Gasteiger partial charge < -0.3 is 19.5 Å². The third-order valence-electron chi connectivity index (χ3n) is 5.08. The number of anilines is 1. The predicted octanol–water partition coefficient (Wildman–Crippen LogP) is 2.91. The van der Waals surface area contributed by atoms with E-state index < -0.39 is 5.97 Å². The highest BCUT2D eigenvalue weighted by Crippen LogP contribution is 2.45. The number of rotatable bonds is 7. The molecule has 27 heavy (non-hydrogen) atoms. The number of nitrogens with zero attached hydrogens (tertiary/aromatic N) is 3. The minimum atomic E-state index is -1.10. The van der Waals surface area contributed by atoms with Gasteiger partial charge in [0.2, 0.25) is 11.8 Å². The highest BCUT2D eigenvalue weighted by atomic mass is 35.5. The molecule has 2 unspecified atom stereocenters. The lowest BCUT2D eigenvalue weighted by Gasteiger charge is -2.18. The number of methoxy groups -OCH3 is 1. The molecule has 0 spiro atoms. The first-order chi connectivity index (χ1) is 13.0. The fourth-order valence-electron chi connectivity index (χ4n) is 3.46. The molecular formula is C19H20ClN3O4. The third-order valence-corrected chi connectivity index (χ3v) is 5.37. The fraction of sp³-hybridized carbons (Fsp3) is 0.421. The molecule has 1 aromatic heterocycles. The number of benzene rings is 1. The molecule has 0 bridgehead atoms. The summed E-state index contributed by atoms with van der Waals surface area (Å²) >= 11 is 6.13. The van der Waals surface area contributed by atoms with Crippen molar-refractivity contribution in [3.8, 4) is 11.6 Å². The van der Waals surface area contributed by atoms with Gasteiger partial charge in [0.1, 0.15) is 11.3 Å². The summed E-state index contributed by atoms with van der Waals surface area (Å²) in [7, 11) is 1.56. The van der Waals surface area contributed by atoms with Crippen LogP contribution in [0.3, 0.4) is 0 Å². The maximum absolute atomic E-state index is 11.5. The van der Waals surface area contributed by atoms with E-state index in [4.69, 9.17) is 21.1 Å². The molecule has 2 aromatic rings. The van der Waals surface area contributed by atoms with Crippen LogP contribution in [0.1, 0.15) is 22.3 Å². The minimum Gasteiger partial charge on any atom is -0.495 e. The highest BCUT2D eigenvalue weighted by Gasteiger charge is 2.46. The monoisotopic (exact) mass is 389 g/mol. The lowest BCUT2D eigenvalue weighted by molar-refractivity contribution is 0.0690. The number of carbonyl (C=O) groups is 1. The molecule has 1 aromatic carbocycles. The molecule has 2 aliphatic rings. The van der Waals surface area contributed by atoms with E-state index in [9.17, 15) is 9.90 Å². The van der Waals surface area contributed by atoms with E-state index >= 15 is 0 Å². The van der Waals surface area contributed by atoms with Gasteiger partial charge in [-0.25, -0.2) is 9.78 Å². The van der Waals surface area contributed by atoms with Gasteiger partial charge in [-0.3, -0.25) is 0 Å². The standard InChI is InChI=1S/C19H20ClN3O4/c1-26-16-3-2-11(6-15(16)20)4-5-27-17-14(18(24)25)8-21-19(22-17)23-9-12-7-13(12)10-23/h2-3,6,8,12-13H,4-5,7,9-10H2,1H3,(H,24,25). The van der Waals surface area contributed by atoms with Crippen LogP contribution in [0.4, 0.5) is 5.95 Å². The van der Waals surface area contributed by atoms with Crippen molar-refractivity contribution >= 4 is 23.5 Å². The lowest BCUT2D eigenvalue weighted by atomic mass is 10.1. The minimum absolute atomic E-state index is 0.0316. The average Bonchev–Trinajstić information content (AvgIpc) is 3.27. The number of fused-ring (bicyclic) bond motifs is 1. The summed E-state index contributed by atoms with van der Waals surface area (Å²) in [4.78, 5) is 22.1. The van der Waals surface area contributed by atoms with Crippen LogP contribution in [0, 0.1) is 11.8 Å². The second kappa shape index (κ2) is 7.23. The van der Waals surface area contributed by atoms with Crippen LogP contribution in [-0.4, -0.2) is 47.8 Å². The zero-order valence-corrected chi connectivity index (χ0v) is 15.6. The van der Waals surface area contributed by atoms with Gasteiger partial charge in [-0.05, 0) is 36.0 Å². The van der Waals surface area contributed by atoms with E-state index in [1.54, 1.807) is 13.2 Å². The number of aromatic nitrogens is 2. The van der Waals surface area contributed by atoms with Crippen molar-refractivity contribution in [2.24, 2.45) is 11.8 Å². The number of piperidine rings is 1. The van der Waals surface area contributed by atoms with Crippen molar-refractivity contribution in [1.29, 1.82) is 0 Å². The zero-order valence-electron chi connectivity index (χ0n) is 14.9. The highest BCUT2D eigenvalue weighted by molar-refractivity contribution is 6.32. The van der Waals surface area contributed by atoms with Crippen molar-refractivity contribution in [3.05, 3.63) is 40.5 Å². The van der Waals surface area contributed by atoms with E-state index in [0.717, 1.165) is 30.5 Å². The smallest absolute Gasteiger partial charge is 0.342 e. The van der Waals surface area contributed by atoms with Gasteiger partial charge in [-0.2, -0.15) is 4.98 Å². The number of carboxylic acids is 1. The summed E-state index contributed by atoms with van der Waals surface area (Å²) in [5, 5.41) is 9.90. The summed E-state index contributed by atoms with van der Waals surface area (Å²) in [5.41, 5.74) is 0.933. The summed E-state index contributed by atoms with van der Waals surface area (Å²) in [6, 6.07) is 5.50. The topological polar surface area (TPSA) is 84.8 Å². The molecule has 2 heterocycles. The SMILES string of the molecule is COc1ccc(CCOc2nc(N3CC4CC4C3)ncc2C(=O)O)cc1Cl. The molecule has 4 rings (SSSR count). The third kappa shape index (κ3) is 3.78. The Balaban J connectivity index is 1.45. The van der Waals surface area contributed by atoms with Gasteiger partial charge in [-0.15, -0.1) is 0 Å². The molecule has 0 amide bonds. The fourth-order valence-corrected chi connectivity index (χ4v) is 3.74. The van der Waals surface area contributed by atoms with Crippen LogP contribution in [0.15, 0.2) is 24.4 Å². The average molecular weight is 390 g/mol. The molecule has 7 nitrogen and oxygen atoms in total. The normalized spacial score (nSPS) is 20.3. The van der Waals surface area contributed by atoms with Crippen LogP contribution < -0.4 is 14.4 Å². The van der Waals surface area contributed by atoms with Crippen LogP contribution >= 0.6 is 11.6 Å². The number of aromatic carboxylic acids is 1. The van der Waals surface area contributed by atoms with Crippen LogP contribution in [0.25, 0.3) is 0 Å². The largest absolute Gasteiger partial charge is 0.495 e. The van der Waals surface area contributed by atoms with Gasteiger partial charge in [0.15, 0.2) is 0 Å². The van der Waals surface area contributed by atoms with Crippen molar-refractivity contribution < 1.29 is 19.4 Å². The van der Waals surface area contributed by atoms with Gasteiger partial charge >= 0.3 is 5.97 Å². The number of hydrogen-bond donors (Lipinski definition) is 1. The van der Waals surface area contributed by atoms with E-state index in [-0.39, 0.29) is 18.1 Å². The Bertz CT molecular complexity index is 866. The van der Waals surface area contributed by atoms with Crippen LogP contribution in [0.2, 0.25) is 5.02 Å². The summed E-state index contributed by atoms with van der Waals surface area (Å²) in [6.07, 6.45) is 3.17. The first-order valence-corrected chi connectivity index (χ1v) is 9.23. The number of ether oxygens (including phenoxy) is 2. The van der Waals surface area contributed by atoms with Gasteiger partial charge in [0.25, 0.3) is 0 Å². The van der Waals surface area contributed by atoms with Crippen molar-refractivity contribution in [2.45, 2.75) is 12.8 Å². The quantitative estimate of drug-likeness (QED) is 0.779. The van der Waals surface area contributed by atoms with E-state index in [1.807, 2.05) is 12.1 Å². The van der Waals surface area contributed by atoms with Gasteiger partial charge in [0, 0.05) is 19.5 Å². The molecule has 1 aliphatic carbocycles. The second-order valence-electron chi connectivity index (χ2n) is 6.92. The molecule has 142 valence electrons. The number of carboxylic acid groups (broad SMARTS) is 1. The summed E-state index contributed by atoms with van der Waals surface area (Å²) < 4.78 is 10.8. The van der Waals surface area contributed by atoms with Crippen LogP contribution in [0.5, 0.6) is 11.6 Å².